The first kappa shape index (κ1) is 11.9. The zero-order valence-corrected chi connectivity index (χ0v) is 8.16. The second kappa shape index (κ2) is 4.81. The molecule has 5 nitrogen and oxygen atoms in total. The Hall–Kier alpha value is -1.10. The number of hydrogen-bond donors (Lipinski definition) is 2. The van der Waals surface area contributed by atoms with Gasteiger partial charge < -0.3 is 21.0 Å². The fourth-order valence-electron chi connectivity index (χ4n) is 0.793. The molecule has 4 N–H and O–H groups in total. The van der Waals surface area contributed by atoms with Gasteiger partial charge in [-0.1, -0.05) is 13.8 Å². The van der Waals surface area contributed by atoms with Gasteiger partial charge in [-0.2, -0.15) is 0 Å². The molecule has 13 heavy (non-hydrogen) atoms. The normalized spacial score (nSPS) is 15.2. The Labute approximate surface area is 77.3 Å². The van der Waals surface area contributed by atoms with Crippen LogP contribution in [0.15, 0.2) is 0 Å². The molecule has 0 aliphatic carbocycles. The van der Waals surface area contributed by atoms with Crippen LogP contribution in [0.3, 0.4) is 0 Å². The van der Waals surface area contributed by atoms with Crippen LogP contribution >= 0.6 is 0 Å². The van der Waals surface area contributed by atoms with Gasteiger partial charge in [0.05, 0.1) is 12.0 Å². The molecule has 0 aliphatic rings. The molecule has 1 amide bonds. The van der Waals surface area contributed by atoms with Gasteiger partial charge >= 0.3 is 0 Å². The highest BCUT2D eigenvalue weighted by Crippen LogP contribution is 2.00. The van der Waals surface area contributed by atoms with Crippen LogP contribution in [0.4, 0.5) is 0 Å². The van der Waals surface area contributed by atoms with E-state index in [0.29, 0.717) is 0 Å². The SMILES string of the molecule is CC(C)[C@@H](NC(=O)[C@H](C)[NH3+])C(=O)[O-]. The minimum atomic E-state index is -1.26. The molecule has 0 saturated heterocycles. The van der Waals surface area contributed by atoms with Crippen molar-refractivity contribution < 1.29 is 20.4 Å². The Morgan fingerprint density at radius 1 is 1.31 bits per heavy atom. The number of nitrogens with one attached hydrogen (secondary N) is 1. The maximum Gasteiger partial charge on any atom is 0.278 e. The van der Waals surface area contributed by atoms with E-state index >= 15 is 0 Å². The Kier molecular flexibility index (Phi) is 4.40. The Balaban J connectivity index is 4.27. The monoisotopic (exact) mass is 188 g/mol. The molecule has 5 heteroatoms. The summed E-state index contributed by atoms with van der Waals surface area (Å²) in [5.41, 5.74) is 3.48. The summed E-state index contributed by atoms with van der Waals surface area (Å²) in [4.78, 5) is 21.7. The quantitative estimate of drug-likeness (QED) is 0.510. The molecule has 0 aromatic heterocycles. The van der Waals surface area contributed by atoms with Crippen LogP contribution in [0.2, 0.25) is 0 Å². The first-order valence-corrected chi connectivity index (χ1v) is 4.20. The lowest BCUT2D eigenvalue weighted by molar-refractivity contribution is -0.398. The largest absolute Gasteiger partial charge is 0.548 e. The van der Waals surface area contributed by atoms with E-state index in [1.165, 1.54) is 0 Å². The minimum Gasteiger partial charge on any atom is -0.548 e. The van der Waals surface area contributed by atoms with Crippen LogP contribution in [-0.2, 0) is 9.59 Å². The molecule has 2 atom stereocenters. The summed E-state index contributed by atoms with van der Waals surface area (Å²) in [6, 6.07) is -1.39. The Bertz CT molecular complexity index is 202. The fourth-order valence-corrected chi connectivity index (χ4v) is 0.793. The van der Waals surface area contributed by atoms with Crippen molar-refractivity contribution in [1.82, 2.24) is 5.32 Å². The van der Waals surface area contributed by atoms with Crippen LogP contribution in [0.5, 0.6) is 0 Å². The Morgan fingerprint density at radius 3 is 2.00 bits per heavy atom. The van der Waals surface area contributed by atoms with E-state index < -0.39 is 18.1 Å². The topological polar surface area (TPSA) is 96.9 Å². The van der Waals surface area contributed by atoms with Crippen LogP contribution in [0.1, 0.15) is 20.8 Å². The van der Waals surface area contributed by atoms with Crippen molar-refractivity contribution in [2.45, 2.75) is 32.9 Å². The number of quaternary nitrogens is 1. The third-order valence-corrected chi connectivity index (χ3v) is 1.67. The van der Waals surface area contributed by atoms with Crippen molar-refractivity contribution in [2.24, 2.45) is 5.92 Å². The third-order valence-electron chi connectivity index (χ3n) is 1.67. The van der Waals surface area contributed by atoms with E-state index in [1.807, 2.05) is 0 Å². The maximum absolute atomic E-state index is 11.1. The first-order chi connectivity index (χ1) is 5.86. The number of carbonyl (C=O) groups excluding carboxylic acids is 2. The molecular formula is C8H16N2O3. The van der Waals surface area contributed by atoms with Gasteiger partial charge in [-0.25, -0.2) is 0 Å². The van der Waals surface area contributed by atoms with E-state index in [9.17, 15) is 14.7 Å². The molecule has 76 valence electrons. The van der Waals surface area contributed by atoms with E-state index in [-0.39, 0.29) is 11.8 Å². The predicted molar refractivity (Wildman–Crippen MR) is 44.1 cm³/mol. The number of carboxylic acid groups (broad SMARTS) is 1. The van der Waals surface area contributed by atoms with Crippen LogP contribution in [0, 0.1) is 5.92 Å². The summed E-state index contributed by atoms with van der Waals surface area (Å²) >= 11 is 0. The number of amides is 1. The van der Waals surface area contributed by atoms with Gasteiger partial charge in [0, 0.05) is 0 Å². The van der Waals surface area contributed by atoms with Gasteiger partial charge in [-0.3, -0.25) is 4.79 Å². The highest BCUT2D eigenvalue weighted by Gasteiger charge is 2.20. The third kappa shape index (κ3) is 3.89. The summed E-state index contributed by atoms with van der Waals surface area (Å²) in [6.45, 7) is 5.00. The minimum absolute atomic E-state index is 0.187. The first-order valence-electron chi connectivity index (χ1n) is 4.20. The average molecular weight is 188 g/mol. The number of rotatable bonds is 4. The molecule has 0 aromatic carbocycles. The molecular weight excluding hydrogens is 172 g/mol. The maximum atomic E-state index is 11.1. The van der Waals surface area contributed by atoms with Crippen molar-refractivity contribution in [3.8, 4) is 0 Å². The summed E-state index contributed by atoms with van der Waals surface area (Å²) in [5, 5.41) is 12.9. The molecule has 0 bridgehead atoms. The molecule has 0 fully saturated rings. The number of hydrogen-bond acceptors (Lipinski definition) is 3. The number of aliphatic carboxylic acids is 1. The molecule has 0 rings (SSSR count). The average Bonchev–Trinajstić information content (AvgIpc) is 1.97. The highest BCUT2D eigenvalue weighted by molar-refractivity contribution is 5.85. The van der Waals surface area contributed by atoms with Gasteiger partial charge in [-0.15, -0.1) is 0 Å². The molecule has 0 radical (unpaired) electrons. The summed E-state index contributed by atoms with van der Waals surface area (Å²) < 4.78 is 0. The summed E-state index contributed by atoms with van der Waals surface area (Å²) in [5.74, 6) is -1.82. The second-order valence-electron chi connectivity index (χ2n) is 3.45. The predicted octanol–water partition coefficient (Wildman–Crippen LogP) is -2.49. The van der Waals surface area contributed by atoms with Crippen LogP contribution < -0.4 is 16.2 Å². The molecule has 0 aromatic rings. The molecule has 0 aliphatic heterocycles. The lowest BCUT2D eigenvalue weighted by Gasteiger charge is -2.23. The zero-order valence-electron chi connectivity index (χ0n) is 8.16. The standard InChI is InChI=1S/C8H16N2O3/c1-4(2)6(8(12)13)10-7(11)5(3)9/h4-6H,9H2,1-3H3,(H,10,11)(H,12,13)/t5-,6+/m0/s1. The van der Waals surface area contributed by atoms with E-state index in [0.717, 1.165) is 0 Å². The van der Waals surface area contributed by atoms with Crippen molar-refractivity contribution >= 4 is 11.9 Å². The fraction of sp³-hybridized carbons (Fsp3) is 0.750. The van der Waals surface area contributed by atoms with Crippen molar-refractivity contribution in [1.29, 1.82) is 0 Å². The van der Waals surface area contributed by atoms with Gasteiger partial charge in [0.25, 0.3) is 5.91 Å². The molecule has 0 unspecified atom stereocenters. The number of carbonyl (C=O) groups is 2. The molecule has 0 saturated carbocycles. The van der Waals surface area contributed by atoms with Gasteiger partial charge in [-0.05, 0) is 12.8 Å². The zero-order chi connectivity index (χ0) is 10.6. The summed E-state index contributed by atoms with van der Waals surface area (Å²) in [7, 11) is 0. The van der Waals surface area contributed by atoms with E-state index in [2.05, 4.69) is 11.1 Å². The van der Waals surface area contributed by atoms with E-state index in [4.69, 9.17) is 0 Å². The van der Waals surface area contributed by atoms with Gasteiger partial charge in [0.1, 0.15) is 0 Å². The lowest BCUT2D eigenvalue weighted by atomic mass is 10.0. The van der Waals surface area contributed by atoms with E-state index in [1.54, 1.807) is 20.8 Å². The van der Waals surface area contributed by atoms with Crippen molar-refractivity contribution in [3.63, 3.8) is 0 Å². The smallest absolute Gasteiger partial charge is 0.278 e. The van der Waals surface area contributed by atoms with Crippen LogP contribution in [0.25, 0.3) is 0 Å². The Morgan fingerprint density at radius 2 is 1.77 bits per heavy atom. The van der Waals surface area contributed by atoms with Crippen LogP contribution in [-0.4, -0.2) is 24.0 Å². The second-order valence-corrected chi connectivity index (χ2v) is 3.45. The van der Waals surface area contributed by atoms with Crippen molar-refractivity contribution in [2.75, 3.05) is 0 Å². The number of carboxylic acids is 1. The molecule has 0 heterocycles. The van der Waals surface area contributed by atoms with Gasteiger partial charge in [0.2, 0.25) is 0 Å². The molecule has 0 spiro atoms. The van der Waals surface area contributed by atoms with Crippen molar-refractivity contribution in [3.05, 3.63) is 0 Å². The highest BCUT2D eigenvalue weighted by atomic mass is 16.4. The van der Waals surface area contributed by atoms with Gasteiger partial charge in [0.15, 0.2) is 6.04 Å². The lowest BCUT2D eigenvalue weighted by Crippen LogP contribution is -2.67. The summed E-state index contributed by atoms with van der Waals surface area (Å²) in [6.07, 6.45) is 0.